The van der Waals surface area contributed by atoms with Gasteiger partial charge in [-0.3, -0.25) is 4.98 Å². The van der Waals surface area contributed by atoms with E-state index in [9.17, 15) is 0 Å². The molecule has 4 nitrogen and oxygen atoms in total. The zero-order valence-electron chi connectivity index (χ0n) is 8.89. The van der Waals surface area contributed by atoms with Gasteiger partial charge in [0, 0.05) is 19.7 Å². The van der Waals surface area contributed by atoms with Crippen LogP contribution in [0.5, 0.6) is 0 Å². The van der Waals surface area contributed by atoms with E-state index in [1.54, 1.807) is 6.20 Å². The van der Waals surface area contributed by atoms with Crippen LogP contribution in [0.15, 0.2) is 29.0 Å². The third-order valence-corrected chi connectivity index (χ3v) is 3.27. The zero-order chi connectivity index (χ0) is 11.5. The van der Waals surface area contributed by atoms with E-state index in [1.807, 2.05) is 29.8 Å². The first kappa shape index (κ1) is 11.3. The Balaban J connectivity index is 2.46. The summed E-state index contributed by atoms with van der Waals surface area (Å²) in [6, 6.07) is 5.71. The lowest BCUT2D eigenvalue weighted by molar-refractivity contribution is 0.295. The summed E-state index contributed by atoms with van der Waals surface area (Å²) < 4.78 is 2.80. The van der Waals surface area contributed by atoms with Gasteiger partial charge < -0.3 is 9.67 Å². The van der Waals surface area contributed by atoms with Crippen molar-refractivity contribution in [2.24, 2.45) is 7.05 Å². The van der Waals surface area contributed by atoms with Gasteiger partial charge in [-0.1, -0.05) is 6.07 Å². The van der Waals surface area contributed by atoms with Crippen molar-refractivity contribution in [2.45, 2.75) is 6.42 Å². The summed E-state index contributed by atoms with van der Waals surface area (Å²) in [5.74, 6) is 0.843. The molecule has 0 saturated heterocycles. The Hall–Kier alpha value is -1.20. The topological polar surface area (TPSA) is 50.9 Å². The lowest BCUT2D eigenvalue weighted by Gasteiger charge is -1.98. The van der Waals surface area contributed by atoms with Crippen LogP contribution in [0.25, 0.3) is 11.4 Å². The second kappa shape index (κ2) is 4.76. The lowest BCUT2D eigenvalue weighted by atomic mass is 10.3. The van der Waals surface area contributed by atoms with E-state index in [1.165, 1.54) is 0 Å². The Bertz CT molecular complexity index is 481. The molecule has 0 bridgehead atoms. The summed E-state index contributed by atoms with van der Waals surface area (Å²) in [4.78, 5) is 8.72. The minimum Gasteiger partial charge on any atom is -0.396 e. The molecular formula is C11H12BrN3O. The molecule has 2 aromatic rings. The second-order valence-corrected chi connectivity index (χ2v) is 4.17. The number of imidazole rings is 1. The standard InChI is InChI=1S/C11H12BrN3O/c1-15-9(5-7-16)14-10(11(15)12)8-4-2-3-6-13-8/h2-4,6,16H,5,7H2,1H3. The Kier molecular flexibility index (Phi) is 3.36. The van der Waals surface area contributed by atoms with Crippen LogP contribution in [-0.2, 0) is 13.5 Å². The average molecular weight is 282 g/mol. The Morgan fingerprint density at radius 1 is 1.44 bits per heavy atom. The fourth-order valence-corrected chi connectivity index (χ4v) is 2.01. The fourth-order valence-electron chi connectivity index (χ4n) is 1.51. The van der Waals surface area contributed by atoms with Crippen LogP contribution in [0.4, 0.5) is 0 Å². The van der Waals surface area contributed by atoms with E-state index in [0.717, 1.165) is 21.8 Å². The molecule has 0 spiro atoms. The maximum atomic E-state index is 8.93. The maximum Gasteiger partial charge on any atom is 0.122 e. The number of hydrogen-bond acceptors (Lipinski definition) is 3. The number of hydrogen-bond donors (Lipinski definition) is 1. The average Bonchev–Trinajstić information content (AvgIpc) is 2.59. The summed E-state index contributed by atoms with van der Waals surface area (Å²) in [5, 5.41) is 8.93. The van der Waals surface area contributed by atoms with Crippen LogP contribution < -0.4 is 0 Å². The highest BCUT2D eigenvalue weighted by molar-refractivity contribution is 9.10. The van der Waals surface area contributed by atoms with Gasteiger partial charge in [-0.05, 0) is 28.1 Å². The second-order valence-electron chi connectivity index (χ2n) is 3.42. The van der Waals surface area contributed by atoms with E-state index in [4.69, 9.17) is 5.11 Å². The van der Waals surface area contributed by atoms with E-state index in [0.29, 0.717) is 6.42 Å². The van der Waals surface area contributed by atoms with Gasteiger partial charge >= 0.3 is 0 Å². The molecule has 0 fully saturated rings. The largest absolute Gasteiger partial charge is 0.396 e. The summed E-state index contributed by atoms with van der Waals surface area (Å²) in [5.41, 5.74) is 1.64. The number of rotatable bonds is 3. The van der Waals surface area contributed by atoms with Gasteiger partial charge in [0.15, 0.2) is 0 Å². The van der Waals surface area contributed by atoms with E-state index >= 15 is 0 Å². The summed E-state index contributed by atoms with van der Waals surface area (Å²) in [6.45, 7) is 0.0962. The number of halogens is 1. The van der Waals surface area contributed by atoms with Crippen LogP contribution in [0.3, 0.4) is 0 Å². The Morgan fingerprint density at radius 2 is 2.25 bits per heavy atom. The SMILES string of the molecule is Cn1c(CCO)nc(-c2ccccn2)c1Br. The lowest BCUT2D eigenvalue weighted by Crippen LogP contribution is -2.00. The van der Waals surface area contributed by atoms with Crippen molar-refractivity contribution >= 4 is 15.9 Å². The molecule has 2 heterocycles. The van der Waals surface area contributed by atoms with Crippen molar-refractivity contribution < 1.29 is 5.11 Å². The Labute approximate surface area is 102 Å². The quantitative estimate of drug-likeness (QED) is 0.933. The van der Waals surface area contributed by atoms with Crippen molar-refractivity contribution in [3.05, 3.63) is 34.8 Å². The number of aromatic nitrogens is 3. The van der Waals surface area contributed by atoms with Crippen LogP contribution in [-0.4, -0.2) is 26.2 Å². The molecular weight excluding hydrogens is 270 g/mol. The first-order valence-electron chi connectivity index (χ1n) is 4.97. The molecule has 1 N–H and O–H groups in total. The van der Waals surface area contributed by atoms with Crippen LogP contribution in [0.1, 0.15) is 5.82 Å². The van der Waals surface area contributed by atoms with Crippen LogP contribution >= 0.6 is 15.9 Å². The maximum absolute atomic E-state index is 8.93. The molecule has 84 valence electrons. The smallest absolute Gasteiger partial charge is 0.122 e. The molecule has 0 amide bonds. The highest BCUT2D eigenvalue weighted by Crippen LogP contribution is 2.26. The molecule has 5 heteroatoms. The summed E-state index contributed by atoms with van der Waals surface area (Å²) in [7, 11) is 1.91. The summed E-state index contributed by atoms with van der Waals surface area (Å²) in [6.07, 6.45) is 2.28. The highest BCUT2D eigenvalue weighted by Gasteiger charge is 2.14. The number of nitrogens with zero attached hydrogens (tertiary/aromatic N) is 3. The molecule has 2 rings (SSSR count). The van der Waals surface area contributed by atoms with Crippen molar-refractivity contribution in [1.82, 2.24) is 14.5 Å². The molecule has 16 heavy (non-hydrogen) atoms. The van der Waals surface area contributed by atoms with Crippen LogP contribution in [0, 0.1) is 0 Å². The van der Waals surface area contributed by atoms with Gasteiger partial charge in [-0.2, -0.15) is 0 Å². The first-order valence-corrected chi connectivity index (χ1v) is 5.76. The highest BCUT2D eigenvalue weighted by atomic mass is 79.9. The molecule has 0 aliphatic rings. The molecule has 0 atom stereocenters. The van der Waals surface area contributed by atoms with Gasteiger partial charge in [-0.15, -0.1) is 0 Å². The Morgan fingerprint density at radius 3 is 2.88 bits per heavy atom. The number of pyridine rings is 1. The first-order chi connectivity index (χ1) is 7.74. The van der Waals surface area contributed by atoms with Crippen molar-refractivity contribution in [1.29, 1.82) is 0 Å². The summed E-state index contributed by atoms with van der Waals surface area (Å²) >= 11 is 3.49. The van der Waals surface area contributed by atoms with E-state index < -0.39 is 0 Å². The van der Waals surface area contributed by atoms with Gasteiger partial charge in [0.2, 0.25) is 0 Å². The zero-order valence-corrected chi connectivity index (χ0v) is 10.5. The minimum atomic E-state index is 0.0962. The third-order valence-electron chi connectivity index (χ3n) is 2.36. The van der Waals surface area contributed by atoms with Gasteiger partial charge in [0.05, 0.1) is 12.3 Å². The van der Waals surface area contributed by atoms with E-state index in [-0.39, 0.29) is 6.61 Å². The number of aliphatic hydroxyl groups excluding tert-OH is 1. The molecule has 0 unspecified atom stereocenters. The predicted octanol–water partition coefficient (Wildman–Crippen LogP) is 1.78. The molecule has 0 aliphatic heterocycles. The fraction of sp³-hybridized carbons (Fsp3) is 0.273. The monoisotopic (exact) mass is 281 g/mol. The predicted molar refractivity (Wildman–Crippen MR) is 64.9 cm³/mol. The van der Waals surface area contributed by atoms with Crippen molar-refractivity contribution in [2.75, 3.05) is 6.61 Å². The third kappa shape index (κ3) is 2.01. The minimum absolute atomic E-state index is 0.0962. The number of aliphatic hydroxyl groups is 1. The van der Waals surface area contributed by atoms with Gasteiger partial charge in [-0.25, -0.2) is 4.98 Å². The molecule has 0 radical (unpaired) electrons. The van der Waals surface area contributed by atoms with Gasteiger partial charge in [0.1, 0.15) is 16.1 Å². The molecule has 0 aromatic carbocycles. The molecule has 2 aromatic heterocycles. The van der Waals surface area contributed by atoms with Crippen LogP contribution in [0.2, 0.25) is 0 Å². The molecule has 0 saturated carbocycles. The van der Waals surface area contributed by atoms with E-state index in [2.05, 4.69) is 25.9 Å². The van der Waals surface area contributed by atoms with Crippen molar-refractivity contribution in [3.8, 4) is 11.4 Å². The molecule has 0 aliphatic carbocycles. The van der Waals surface area contributed by atoms with Gasteiger partial charge in [0.25, 0.3) is 0 Å². The van der Waals surface area contributed by atoms with Crippen molar-refractivity contribution in [3.63, 3.8) is 0 Å². The normalized spacial score (nSPS) is 10.7.